The van der Waals surface area contributed by atoms with Crippen molar-refractivity contribution in [3.05, 3.63) is 0 Å². The number of ether oxygens (including phenoxy) is 1. The van der Waals surface area contributed by atoms with E-state index in [1.54, 1.807) is 20.8 Å². The van der Waals surface area contributed by atoms with Crippen LogP contribution in [0.4, 0.5) is 4.79 Å². The highest BCUT2D eigenvalue weighted by atomic mass is 32.2. The Bertz CT molecular complexity index is 473. The molecule has 126 valence electrons. The van der Waals surface area contributed by atoms with Crippen LogP contribution >= 0.6 is 0 Å². The Labute approximate surface area is 131 Å². The summed E-state index contributed by atoms with van der Waals surface area (Å²) >= 11 is 0. The SMILES string of the molecule is CC(C)(C)OC(=O)N(C([Si](C)(C)C)[Si](C)(C)C)S(N)(=O)=O. The minimum atomic E-state index is -4.17. The lowest BCUT2D eigenvalue weighted by molar-refractivity contribution is 0.0393. The summed E-state index contributed by atoms with van der Waals surface area (Å²) in [4.78, 5) is 12.4. The lowest BCUT2D eigenvalue weighted by Gasteiger charge is -2.44. The Kier molecular flexibility index (Phi) is 5.90. The molecule has 2 N–H and O–H groups in total. The summed E-state index contributed by atoms with van der Waals surface area (Å²) in [7, 11) is -8.18. The van der Waals surface area contributed by atoms with Crippen molar-refractivity contribution in [2.24, 2.45) is 5.14 Å². The van der Waals surface area contributed by atoms with Gasteiger partial charge >= 0.3 is 16.3 Å². The van der Waals surface area contributed by atoms with E-state index in [0.717, 1.165) is 4.31 Å². The number of nitrogens with two attached hydrogens (primary N) is 1. The van der Waals surface area contributed by atoms with Crippen molar-refractivity contribution in [3.63, 3.8) is 0 Å². The van der Waals surface area contributed by atoms with E-state index in [0.29, 0.717) is 0 Å². The summed E-state index contributed by atoms with van der Waals surface area (Å²) in [5.41, 5.74) is -0.774. The van der Waals surface area contributed by atoms with Gasteiger partial charge in [0, 0.05) is 5.29 Å². The molecule has 0 radical (unpaired) electrons. The quantitative estimate of drug-likeness (QED) is 0.786. The molecule has 9 heteroatoms. The van der Waals surface area contributed by atoms with Crippen molar-refractivity contribution >= 4 is 32.5 Å². The molecule has 0 aliphatic heterocycles. The molecule has 0 spiro atoms. The Balaban J connectivity index is 5.99. The van der Waals surface area contributed by atoms with E-state index < -0.39 is 38.1 Å². The van der Waals surface area contributed by atoms with E-state index in [9.17, 15) is 13.2 Å². The molecular weight excluding hydrogens is 324 g/mol. The monoisotopic (exact) mass is 354 g/mol. The molecule has 0 aliphatic carbocycles. The van der Waals surface area contributed by atoms with Crippen LogP contribution in [-0.4, -0.2) is 45.9 Å². The van der Waals surface area contributed by atoms with Gasteiger partial charge < -0.3 is 4.74 Å². The third-order valence-electron chi connectivity index (χ3n) is 2.72. The van der Waals surface area contributed by atoms with E-state index in [1.807, 2.05) is 39.3 Å². The molecule has 6 nitrogen and oxygen atoms in total. The van der Waals surface area contributed by atoms with Gasteiger partial charge in [-0.2, -0.15) is 12.7 Å². The maximum absolute atomic E-state index is 12.4. The molecule has 21 heavy (non-hydrogen) atoms. The molecule has 0 saturated heterocycles. The van der Waals surface area contributed by atoms with Crippen LogP contribution in [0.5, 0.6) is 0 Å². The Morgan fingerprint density at radius 1 is 1.05 bits per heavy atom. The first kappa shape index (κ1) is 20.6. The van der Waals surface area contributed by atoms with Crippen LogP contribution in [0, 0.1) is 0 Å². The maximum atomic E-state index is 12.4. The molecule has 0 aliphatic rings. The molecule has 0 saturated carbocycles. The molecule has 0 rings (SSSR count). The molecule has 0 fully saturated rings. The van der Waals surface area contributed by atoms with E-state index in [1.165, 1.54) is 0 Å². The molecule has 0 heterocycles. The fourth-order valence-corrected chi connectivity index (χ4v) is 18.0. The number of amides is 1. The molecule has 0 bridgehead atoms. The second-order valence-corrected chi connectivity index (χ2v) is 21.0. The van der Waals surface area contributed by atoms with E-state index in [-0.39, 0.29) is 5.29 Å². The molecule has 0 aromatic heterocycles. The topological polar surface area (TPSA) is 89.7 Å². The lowest BCUT2D eigenvalue weighted by Crippen LogP contribution is -2.67. The predicted molar refractivity (Wildman–Crippen MR) is 91.7 cm³/mol. The van der Waals surface area contributed by atoms with Gasteiger partial charge in [-0.05, 0) is 20.8 Å². The van der Waals surface area contributed by atoms with E-state index in [2.05, 4.69) is 0 Å². The highest BCUT2D eigenvalue weighted by molar-refractivity contribution is 7.87. The van der Waals surface area contributed by atoms with Gasteiger partial charge in [0.05, 0.1) is 16.1 Å². The van der Waals surface area contributed by atoms with Gasteiger partial charge in [-0.15, -0.1) is 0 Å². The number of rotatable bonds is 4. The van der Waals surface area contributed by atoms with Crippen LogP contribution in [-0.2, 0) is 14.9 Å². The smallest absolute Gasteiger partial charge is 0.424 e. The predicted octanol–water partition coefficient (Wildman–Crippen LogP) is 2.55. The van der Waals surface area contributed by atoms with Gasteiger partial charge in [-0.3, -0.25) is 0 Å². The van der Waals surface area contributed by atoms with Crippen molar-refractivity contribution in [1.82, 2.24) is 4.31 Å². The maximum Gasteiger partial charge on any atom is 0.424 e. The number of hydrogen-bond donors (Lipinski definition) is 1. The van der Waals surface area contributed by atoms with Crippen molar-refractivity contribution < 1.29 is 17.9 Å². The number of hydrogen-bond acceptors (Lipinski definition) is 4. The van der Waals surface area contributed by atoms with Crippen molar-refractivity contribution in [3.8, 4) is 0 Å². The molecular formula is C12H30N2O4SSi2. The van der Waals surface area contributed by atoms with E-state index >= 15 is 0 Å². The minimum Gasteiger partial charge on any atom is -0.443 e. The van der Waals surface area contributed by atoms with Gasteiger partial charge in [0.2, 0.25) is 0 Å². The third-order valence-corrected chi connectivity index (χ3v) is 13.0. The first-order valence-corrected chi connectivity index (χ1v) is 15.6. The Morgan fingerprint density at radius 2 is 1.38 bits per heavy atom. The summed E-state index contributed by atoms with van der Waals surface area (Å²) in [6.07, 6.45) is -0.875. The highest BCUT2D eigenvalue weighted by Crippen LogP contribution is 2.27. The molecule has 1 amide bonds. The highest BCUT2D eigenvalue weighted by Gasteiger charge is 2.49. The average Bonchev–Trinajstić information content (AvgIpc) is 2.03. The fraction of sp³-hybridized carbons (Fsp3) is 0.917. The van der Waals surface area contributed by atoms with Crippen molar-refractivity contribution in [2.75, 3.05) is 0 Å². The Hall–Kier alpha value is -0.386. The first-order valence-electron chi connectivity index (χ1n) is 6.92. The normalized spacial score (nSPS) is 14.2. The zero-order valence-electron chi connectivity index (χ0n) is 14.6. The van der Waals surface area contributed by atoms with Gasteiger partial charge in [0.1, 0.15) is 5.60 Å². The Morgan fingerprint density at radius 3 is 1.57 bits per heavy atom. The van der Waals surface area contributed by atoms with Gasteiger partial charge in [-0.25, -0.2) is 9.93 Å². The van der Waals surface area contributed by atoms with Gasteiger partial charge in [-0.1, -0.05) is 39.3 Å². The standard InChI is InChI=1S/C12H30N2O4SSi2/c1-12(2,3)18-10(15)14(19(13,16)17)11(20(4,5)6)21(7,8)9/h11H,1-9H3,(H2,13,16,17). The van der Waals surface area contributed by atoms with Gasteiger partial charge in [0.15, 0.2) is 0 Å². The average molecular weight is 355 g/mol. The van der Waals surface area contributed by atoms with Crippen LogP contribution in [0.3, 0.4) is 0 Å². The number of carbonyl (C=O) groups excluding carboxylic acids is 1. The van der Waals surface area contributed by atoms with Gasteiger partial charge in [0.25, 0.3) is 0 Å². The zero-order valence-corrected chi connectivity index (χ0v) is 17.5. The van der Waals surface area contributed by atoms with Crippen molar-refractivity contribution in [2.45, 2.75) is 70.9 Å². The molecule has 0 aromatic carbocycles. The first-order chi connectivity index (χ1) is 8.87. The third kappa shape index (κ3) is 6.49. The fourth-order valence-electron chi connectivity index (χ4n) is 2.67. The summed E-state index contributed by atoms with van der Waals surface area (Å²) in [5, 5.41) is 4.97. The van der Waals surface area contributed by atoms with Crippen LogP contribution in [0.2, 0.25) is 39.3 Å². The lowest BCUT2D eigenvalue weighted by atomic mass is 10.2. The zero-order chi connectivity index (χ0) is 17.4. The molecule has 0 aromatic rings. The summed E-state index contributed by atoms with van der Waals surface area (Å²) in [5.74, 6) is 0. The van der Waals surface area contributed by atoms with Crippen LogP contribution in [0.15, 0.2) is 0 Å². The largest absolute Gasteiger partial charge is 0.443 e. The number of nitrogens with zero attached hydrogens (tertiary/aromatic N) is 1. The summed E-state index contributed by atoms with van der Waals surface area (Å²) < 4.78 is 30.2. The van der Waals surface area contributed by atoms with Crippen LogP contribution in [0.1, 0.15) is 20.8 Å². The minimum absolute atomic E-state index is 0.366. The molecule has 0 unspecified atom stereocenters. The summed E-state index contributed by atoms with van der Waals surface area (Å²) in [6, 6.07) is 0. The van der Waals surface area contributed by atoms with Crippen LogP contribution in [0.25, 0.3) is 0 Å². The van der Waals surface area contributed by atoms with Crippen molar-refractivity contribution in [1.29, 1.82) is 0 Å². The van der Waals surface area contributed by atoms with Crippen LogP contribution < -0.4 is 5.14 Å². The second-order valence-electron chi connectivity index (χ2n) is 8.46. The number of carbonyl (C=O) groups is 1. The molecule has 0 atom stereocenters. The van der Waals surface area contributed by atoms with E-state index in [4.69, 9.17) is 9.88 Å². The summed E-state index contributed by atoms with van der Waals surface area (Å²) in [6.45, 7) is 17.3. The second kappa shape index (κ2) is 6.01.